The van der Waals surface area contributed by atoms with Crippen LogP contribution in [0.1, 0.15) is 39.5 Å². The number of aryl methyl sites for hydroxylation is 2. The van der Waals surface area contributed by atoms with Crippen LogP contribution in [0.15, 0.2) is 48.5 Å². The second-order valence-corrected chi connectivity index (χ2v) is 5.54. The molecule has 0 saturated heterocycles. The highest BCUT2D eigenvalue weighted by Gasteiger charge is 2.28. The number of amides is 1. The fourth-order valence-corrected chi connectivity index (χ4v) is 3.06. The van der Waals surface area contributed by atoms with E-state index in [4.69, 9.17) is 0 Å². The Labute approximate surface area is 120 Å². The molecule has 2 aromatic carbocycles. The number of nitrogens with zero attached hydrogens (tertiary/aromatic N) is 1. The summed E-state index contributed by atoms with van der Waals surface area (Å²) in [6.07, 6.45) is 2.08. The van der Waals surface area contributed by atoms with Gasteiger partial charge in [-0.15, -0.1) is 0 Å². The van der Waals surface area contributed by atoms with Crippen LogP contribution >= 0.6 is 0 Å². The summed E-state index contributed by atoms with van der Waals surface area (Å²) in [6.45, 7) is 2.02. The first-order chi connectivity index (χ1) is 9.66. The van der Waals surface area contributed by atoms with Crippen molar-refractivity contribution in [2.45, 2.75) is 25.8 Å². The number of hydrogen-bond acceptors (Lipinski definition) is 1. The molecule has 0 fully saturated rings. The maximum Gasteiger partial charge on any atom is 0.254 e. The van der Waals surface area contributed by atoms with Crippen molar-refractivity contribution in [1.29, 1.82) is 0 Å². The highest BCUT2D eigenvalue weighted by atomic mass is 16.2. The first-order valence-corrected chi connectivity index (χ1v) is 7.08. The first kappa shape index (κ1) is 12.9. The summed E-state index contributed by atoms with van der Waals surface area (Å²) in [5.74, 6) is 0.107. The number of rotatable bonds is 2. The molecule has 0 aliphatic heterocycles. The molecular weight excluding hydrogens is 246 g/mol. The van der Waals surface area contributed by atoms with Crippen LogP contribution in [0.25, 0.3) is 0 Å². The average Bonchev–Trinajstić information content (AvgIpc) is 2.89. The number of carbonyl (C=O) groups is 1. The molecular formula is C18H19NO. The highest BCUT2D eigenvalue weighted by Crippen LogP contribution is 2.35. The predicted molar refractivity (Wildman–Crippen MR) is 80.8 cm³/mol. The van der Waals surface area contributed by atoms with Crippen LogP contribution in [0.2, 0.25) is 0 Å². The summed E-state index contributed by atoms with van der Waals surface area (Å²) in [7, 11) is 1.91. The minimum atomic E-state index is 0.107. The molecule has 1 aliphatic rings. The van der Waals surface area contributed by atoms with Crippen LogP contribution in [0.5, 0.6) is 0 Å². The predicted octanol–water partition coefficient (Wildman–Crippen LogP) is 3.75. The van der Waals surface area contributed by atoms with Crippen molar-refractivity contribution in [2.75, 3.05) is 7.05 Å². The van der Waals surface area contributed by atoms with Crippen LogP contribution in [-0.2, 0) is 6.42 Å². The lowest BCUT2D eigenvalue weighted by molar-refractivity contribution is 0.0730. The van der Waals surface area contributed by atoms with E-state index in [9.17, 15) is 4.79 Å². The fourth-order valence-electron chi connectivity index (χ4n) is 3.06. The normalized spacial score (nSPS) is 16.8. The molecule has 0 spiro atoms. The molecule has 1 aliphatic carbocycles. The van der Waals surface area contributed by atoms with Gasteiger partial charge in [0.2, 0.25) is 0 Å². The van der Waals surface area contributed by atoms with Crippen molar-refractivity contribution < 1.29 is 4.79 Å². The van der Waals surface area contributed by atoms with E-state index in [2.05, 4.69) is 24.3 Å². The summed E-state index contributed by atoms with van der Waals surface area (Å²) < 4.78 is 0. The van der Waals surface area contributed by atoms with Gasteiger partial charge < -0.3 is 4.90 Å². The zero-order chi connectivity index (χ0) is 14.1. The zero-order valence-electron chi connectivity index (χ0n) is 12.0. The van der Waals surface area contributed by atoms with Crippen molar-refractivity contribution in [3.63, 3.8) is 0 Å². The number of fused-ring (bicyclic) bond motifs is 1. The van der Waals surface area contributed by atoms with E-state index < -0.39 is 0 Å². The first-order valence-electron chi connectivity index (χ1n) is 7.08. The van der Waals surface area contributed by atoms with Crippen molar-refractivity contribution in [3.05, 3.63) is 70.8 Å². The summed E-state index contributed by atoms with van der Waals surface area (Å²) in [6, 6.07) is 16.5. The average molecular weight is 265 g/mol. The maximum absolute atomic E-state index is 12.6. The van der Waals surface area contributed by atoms with Gasteiger partial charge in [-0.25, -0.2) is 0 Å². The molecule has 2 heteroatoms. The van der Waals surface area contributed by atoms with E-state index in [0.717, 1.165) is 24.0 Å². The van der Waals surface area contributed by atoms with Crippen LogP contribution in [-0.4, -0.2) is 17.9 Å². The molecule has 0 radical (unpaired) electrons. The standard InChI is InChI=1S/C18H19NO/c1-13-6-5-8-15(12-13)18(20)19(2)17-11-10-14-7-3-4-9-16(14)17/h3-9,12,17H,10-11H2,1-2H3. The SMILES string of the molecule is Cc1cccc(C(=O)N(C)C2CCc3ccccc32)c1. The Morgan fingerprint density at radius 3 is 2.75 bits per heavy atom. The van der Waals surface area contributed by atoms with Gasteiger partial charge in [0.05, 0.1) is 6.04 Å². The molecule has 3 rings (SSSR count). The topological polar surface area (TPSA) is 20.3 Å². The second kappa shape index (κ2) is 5.12. The van der Waals surface area contributed by atoms with Crippen molar-refractivity contribution >= 4 is 5.91 Å². The quantitative estimate of drug-likeness (QED) is 0.809. The van der Waals surface area contributed by atoms with Crippen molar-refractivity contribution in [3.8, 4) is 0 Å². The van der Waals surface area contributed by atoms with Crippen LogP contribution < -0.4 is 0 Å². The molecule has 0 aromatic heterocycles. The van der Waals surface area contributed by atoms with Gasteiger partial charge in [0.15, 0.2) is 0 Å². The smallest absolute Gasteiger partial charge is 0.254 e. The molecule has 0 heterocycles. The summed E-state index contributed by atoms with van der Waals surface area (Å²) in [5.41, 5.74) is 4.57. The lowest BCUT2D eigenvalue weighted by Crippen LogP contribution is -2.30. The van der Waals surface area contributed by atoms with E-state index in [-0.39, 0.29) is 11.9 Å². The number of carbonyl (C=O) groups excluding carboxylic acids is 1. The van der Waals surface area contributed by atoms with E-state index in [1.165, 1.54) is 11.1 Å². The Balaban J connectivity index is 1.87. The monoisotopic (exact) mass is 265 g/mol. The molecule has 2 aromatic rings. The summed E-state index contributed by atoms with van der Waals surface area (Å²) in [5, 5.41) is 0. The fraction of sp³-hybridized carbons (Fsp3) is 0.278. The zero-order valence-corrected chi connectivity index (χ0v) is 12.0. The van der Waals surface area contributed by atoms with Gasteiger partial charge in [-0.3, -0.25) is 4.79 Å². The Morgan fingerprint density at radius 2 is 1.95 bits per heavy atom. The minimum absolute atomic E-state index is 0.107. The Morgan fingerprint density at radius 1 is 1.15 bits per heavy atom. The van der Waals surface area contributed by atoms with E-state index in [1.54, 1.807) is 0 Å². The van der Waals surface area contributed by atoms with Gasteiger partial charge in [0.1, 0.15) is 0 Å². The summed E-state index contributed by atoms with van der Waals surface area (Å²) >= 11 is 0. The minimum Gasteiger partial charge on any atom is -0.335 e. The molecule has 2 nitrogen and oxygen atoms in total. The second-order valence-electron chi connectivity index (χ2n) is 5.54. The van der Waals surface area contributed by atoms with Gasteiger partial charge in [-0.2, -0.15) is 0 Å². The molecule has 0 bridgehead atoms. The van der Waals surface area contributed by atoms with Gasteiger partial charge >= 0.3 is 0 Å². The Kier molecular flexibility index (Phi) is 3.31. The van der Waals surface area contributed by atoms with Gasteiger partial charge in [0, 0.05) is 12.6 Å². The molecule has 1 amide bonds. The molecule has 0 N–H and O–H groups in total. The molecule has 102 valence electrons. The molecule has 0 saturated carbocycles. The summed E-state index contributed by atoms with van der Waals surface area (Å²) in [4.78, 5) is 14.5. The van der Waals surface area contributed by atoms with Crippen molar-refractivity contribution in [2.24, 2.45) is 0 Å². The van der Waals surface area contributed by atoms with E-state index in [0.29, 0.717) is 0 Å². The number of hydrogen-bond donors (Lipinski definition) is 0. The Bertz CT molecular complexity index is 647. The van der Waals surface area contributed by atoms with E-state index in [1.807, 2.05) is 43.1 Å². The van der Waals surface area contributed by atoms with E-state index >= 15 is 0 Å². The lowest BCUT2D eigenvalue weighted by atomic mass is 10.1. The third-order valence-electron chi connectivity index (χ3n) is 4.15. The van der Waals surface area contributed by atoms with Crippen molar-refractivity contribution in [1.82, 2.24) is 4.90 Å². The van der Waals surface area contributed by atoms with Gasteiger partial charge in [0.25, 0.3) is 5.91 Å². The van der Waals surface area contributed by atoms with Gasteiger partial charge in [-0.05, 0) is 43.0 Å². The molecule has 1 atom stereocenters. The maximum atomic E-state index is 12.6. The van der Waals surface area contributed by atoms with Crippen LogP contribution in [0.3, 0.4) is 0 Å². The molecule has 1 unspecified atom stereocenters. The largest absolute Gasteiger partial charge is 0.335 e. The lowest BCUT2D eigenvalue weighted by Gasteiger charge is -2.25. The van der Waals surface area contributed by atoms with Crippen LogP contribution in [0.4, 0.5) is 0 Å². The third-order valence-corrected chi connectivity index (χ3v) is 4.15. The van der Waals surface area contributed by atoms with Crippen LogP contribution in [0, 0.1) is 6.92 Å². The molecule has 20 heavy (non-hydrogen) atoms. The third kappa shape index (κ3) is 2.22. The van der Waals surface area contributed by atoms with Gasteiger partial charge in [-0.1, -0.05) is 42.0 Å². The Hall–Kier alpha value is -2.09. The highest BCUT2D eigenvalue weighted by molar-refractivity contribution is 5.94. The number of benzene rings is 2.